The van der Waals surface area contributed by atoms with Crippen LogP contribution >= 0.6 is 0 Å². The monoisotopic (exact) mass is 296 g/mol. The Morgan fingerprint density at radius 2 is 2.10 bits per heavy atom. The van der Waals surface area contributed by atoms with Crippen molar-refractivity contribution in [3.05, 3.63) is 53.9 Å². The van der Waals surface area contributed by atoms with Gasteiger partial charge in [0.1, 0.15) is 17.0 Å². The summed E-state index contributed by atoms with van der Waals surface area (Å²) < 4.78 is 40.0. The molecule has 1 heterocycles. The molecule has 106 valence electrons. The van der Waals surface area contributed by atoms with Crippen LogP contribution in [0.15, 0.2) is 41.7 Å². The van der Waals surface area contributed by atoms with Crippen molar-refractivity contribution in [1.82, 2.24) is 14.7 Å². The van der Waals surface area contributed by atoms with E-state index in [0.717, 1.165) is 6.07 Å². The molecule has 1 aromatic heterocycles. The zero-order valence-electron chi connectivity index (χ0n) is 10.5. The first kappa shape index (κ1) is 14.5. The Hall–Kier alpha value is -1.90. The molecule has 0 atom stereocenters. The molecule has 6 nitrogen and oxygen atoms in total. The number of nitrogens with one attached hydrogen (secondary N) is 1. The largest absolute Gasteiger partial charge is 0.326 e. The van der Waals surface area contributed by atoms with Crippen LogP contribution < -0.4 is 10.5 Å². The fourth-order valence-corrected chi connectivity index (χ4v) is 2.67. The van der Waals surface area contributed by atoms with Gasteiger partial charge in [-0.1, -0.05) is 6.07 Å². The van der Waals surface area contributed by atoms with Crippen LogP contribution in [0.2, 0.25) is 0 Å². The molecule has 0 unspecified atom stereocenters. The van der Waals surface area contributed by atoms with Gasteiger partial charge in [-0.15, -0.1) is 0 Å². The summed E-state index contributed by atoms with van der Waals surface area (Å²) in [5.41, 5.74) is 6.44. The lowest BCUT2D eigenvalue weighted by Crippen LogP contribution is -2.25. The van der Waals surface area contributed by atoms with Crippen LogP contribution in [0.25, 0.3) is 0 Å². The molecule has 2 rings (SSSR count). The summed E-state index contributed by atoms with van der Waals surface area (Å²) in [6, 6.07) is 5.31. The maximum absolute atomic E-state index is 13.6. The normalized spacial score (nSPS) is 11.5. The highest BCUT2D eigenvalue weighted by Gasteiger charge is 2.19. The van der Waals surface area contributed by atoms with Crippen LogP contribution in [0.3, 0.4) is 0 Å². The van der Waals surface area contributed by atoms with Crippen molar-refractivity contribution >= 4 is 10.0 Å². The first-order valence-corrected chi connectivity index (χ1v) is 7.24. The van der Waals surface area contributed by atoms with E-state index in [1.54, 1.807) is 6.07 Å². The lowest BCUT2D eigenvalue weighted by atomic mass is 10.2. The first-order chi connectivity index (χ1) is 9.53. The van der Waals surface area contributed by atoms with Gasteiger partial charge in [-0.3, -0.25) is 0 Å². The highest BCUT2D eigenvalue weighted by Crippen LogP contribution is 2.16. The Balaban J connectivity index is 2.22. The van der Waals surface area contributed by atoms with Gasteiger partial charge < -0.3 is 5.73 Å². The standard InChI is InChI=1S/C12H13FN4O2S/c13-11-2-1-9(6-14)5-12(11)20(18,19)17-7-10-3-4-15-8-16-10/h1-5,8,17H,6-7,14H2. The Bertz CT molecular complexity index is 692. The second kappa shape index (κ2) is 6.04. The molecule has 0 saturated heterocycles. The average Bonchev–Trinajstić information content (AvgIpc) is 2.47. The van der Waals surface area contributed by atoms with Gasteiger partial charge in [0.2, 0.25) is 10.0 Å². The van der Waals surface area contributed by atoms with Crippen LogP contribution in [0.4, 0.5) is 4.39 Å². The van der Waals surface area contributed by atoms with Crippen molar-refractivity contribution in [2.45, 2.75) is 18.0 Å². The van der Waals surface area contributed by atoms with Crippen LogP contribution in [0.5, 0.6) is 0 Å². The van der Waals surface area contributed by atoms with Crippen LogP contribution in [-0.2, 0) is 23.1 Å². The van der Waals surface area contributed by atoms with Gasteiger partial charge in [0.05, 0.1) is 12.2 Å². The van der Waals surface area contributed by atoms with E-state index in [0.29, 0.717) is 11.3 Å². The third kappa shape index (κ3) is 3.35. The van der Waals surface area contributed by atoms with E-state index in [1.165, 1.54) is 24.7 Å². The van der Waals surface area contributed by atoms with Gasteiger partial charge in [-0.2, -0.15) is 0 Å². The topological polar surface area (TPSA) is 98.0 Å². The quantitative estimate of drug-likeness (QED) is 0.839. The van der Waals surface area contributed by atoms with E-state index in [2.05, 4.69) is 14.7 Å². The molecule has 0 saturated carbocycles. The summed E-state index contributed by atoms with van der Waals surface area (Å²) in [4.78, 5) is 7.18. The smallest absolute Gasteiger partial charge is 0.243 e. The van der Waals surface area contributed by atoms with Crippen molar-refractivity contribution < 1.29 is 12.8 Å². The van der Waals surface area contributed by atoms with Gasteiger partial charge >= 0.3 is 0 Å². The number of rotatable bonds is 5. The highest BCUT2D eigenvalue weighted by atomic mass is 32.2. The fourth-order valence-electron chi connectivity index (χ4n) is 1.55. The molecule has 0 fully saturated rings. The third-order valence-electron chi connectivity index (χ3n) is 2.61. The molecule has 0 aliphatic heterocycles. The number of hydrogen-bond donors (Lipinski definition) is 2. The van der Waals surface area contributed by atoms with Crippen LogP contribution in [-0.4, -0.2) is 18.4 Å². The Kier molecular flexibility index (Phi) is 4.38. The minimum absolute atomic E-state index is 0.0445. The summed E-state index contributed by atoms with van der Waals surface area (Å²) >= 11 is 0. The molecular weight excluding hydrogens is 283 g/mol. The Morgan fingerprint density at radius 1 is 1.30 bits per heavy atom. The number of aromatic nitrogens is 2. The summed E-state index contributed by atoms with van der Waals surface area (Å²) in [5.74, 6) is -0.822. The maximum Gasteiger partial charge on any atom is 0.243 e. The predicted molar refractivity (Wildman–Crippen MR) is 70.3 cm³/mol. The zero-order valence-corrected chi connectivity index (χ0v) is 11.3. The van der Waals surface area contributed by atoms with Gasteiger partial charge in [0.15, 0.2) is 0 Å². The molecular formula is C12H13FN4O2S. The number of sulfonamides is 1. The highest BCUT2D eigenvalue weighted by molar-refractivity contribution is 7.89. The molecule has 0 aliphatic carbocycles. The number of benzene rings is 1. The van der Waals surface area contributed by atoms with Crippen LogP contribution in [0.1, 0.15) is 11.3 Å². The molecule has 0 spiro atoms. The summed E-state index contributed by atoms with van der Waals surface area (Å²) in [5, 5.41) is 0. The Morgan fingerprint density at radius 3 is 2.75 bits per heavy atom. The molecule has 0 amide bonds. The number of halogens is 1. The molecule has 20 heavy (non-hydrogen) atoms. The molecule has 0 radical (unpaired) electrons. The number of nitrogens with zero attached hydrogens (tertiary/aromatic N) is 2. The summed E-state index contributed by atoms with van der Waals surface area (Å²) in [6.45, 7) is 0.0891. The fraction of sp³-hybridized carbons (Fsp3) is 0.167. The summed E-state index contributed by atoms with van der Waals surface area (Å²) in [6.07, 6.45) is 2.80. The van der Waals surface area contributed by atoms with Crippen molar-refractivity contribution in [2.75, 3.05) is 0 Å². The van der Waals surface area contributed by atoms with Crippen LogP contribution in [0, 0.1) is 5.82 Å². The van der Waals surface area contributed by atoms with E-state index in [-0.39, 0.29) is 13.1 Å². The average molecular weight is 296 g/mol. The molecule has 3 N–H and O–H groups in total. The van der Waals surface area contributed by atoms with E-state index in [1.807, 2.05) is 0 Å². The molecule has 8 heteroatoms. The van der Waals surface area contributed by atoms with E-state index in [9.17, 15) is 12.8 Å². The number of nitrogens with two attached hydrogens (primary N) is 1. The zero-order chi connectivity index (χ0) is 14.6. The van der Waals surface area contributed by atoms with E-state index >= 15 is 0 Å². The van der Waals surface area contributed by atoms with E-state index < -0.39 is 20.7 Å². The molecule has 0 aliphatic rings. The maximum atomic E-state index is 13.6. The van der Waals surface area contributed by atoms with Gasteiger partial charge in [0, 0.05) is 12.7 Å². The molecule has 0 bridgehead atoms. The van der Waals surface area contributed by atoms with Crippen molar-refractivity contribution in [1.29, 1.82) is 0 Å². The van der Waals surface area contributed by atoms with Gasteiger partial charge in [0.25, 0.3) is 0 Å². The SMILES string of the molecule is NCc1ccc(F)c(S(=O)(=O)NCc2ccncn2)c1. The second-order valence-corrected chi connectivity index (χ2v) is 5.73. The molecule has 2 aromatic rings. The Labute approximate surface area is 115 Å². The minimum Gasteiger partial charge on any atom is -0.326 e. The predicted octanol–water partition coefficient (Wildman–Crippen LogP) is 0.553. The first-order valence-electron chi connectivity index (χ1n) is 5.76. The minimum atomic E-state index is -3.96. The van der Waals surface area contributed by atoms with Crippen molar-refractivity contribution in [3.63, 3.8) is 0 Å². The lowest BCUT2D eigenvalue weighted by molar-refractivity contribution is 0.555. The number of hydrogen-bond acceptors (Lipinski definition) is 5. The molecule has 1 aromatic carbocycles. The summed E-state index contributed by atoms with van der Waals surface area (Å²) in [7, 11) is -3.96. The van der Waals surface area contributed by atoms with Gasteiger partial charge in [-0.25, -0.2) is 27.5 Å². The van der Waals surface area contributed by atoms with Gasteiger partial charge in [-0.05, 0) is 23.8 Å². The van der Waals surface area contributed by atoms with E-state index in [4.69, 9.17) is 5.73 Å². The van der Waals surface area contributed by atoms with Crippen molar-refractivity contribution in [2.24, 2.45) is 5.73 Å². The third-order valence-corrected chi connectivity index (χ3v) is 4.02. The lowest BCUT2D eigenvalue weighted by Gasteiger charge is -2.08. The second-order valence-electron chi connectivity index (χ2n) is 3.99. The van der Waals surface area contributed by atoms with Crippen molar-refractivity contribution in [3.8, 4) is 0 Å².